The summed E-state index contributed by atoms with van der Waals surface area (Å²) in [7, 11) is 0. The van der Waals surface area contributed by atoms with Crippen molar-refractivity contribution in [1.82, 2.24) is 0 Å². The summed E-state index contributed by atoms with van der Waals surface area (Å²) in [5.41, 5.74) is 3.58. The molecule has 0 spiro atoms. The molecule has 4 aliphatic carbocycles. The van der Waals surface area contributed by atoms with Gasteiger partial charge in [-0.1, -0.05) is 46.3 Å². The van der Waals surface area contributed by atoms with Crippen LogP contribution in [0.1, 0.15) is 110 Å². The fraction of sp³-hybridized carbons (Fsp3) is 0.710. The van der Waals surface area contributed by atoms with E-state index in [9.17, 15) is 15.0 Å². The van der Waals surface area contributed by atoms with E-state index in [1.165, 1.54) is 17.6 Å². The lowest BCUT2D eigenvalue weighted by molar-refractivity contribution is -0.181. The second-order valence-corrected chi connectivity index (χ2v) is 13.6. The number of aromatic hydroxyl groups is 2. The lowest BCUT2D eigenvalue weighted by Crippen LogP contribution is -2.62. The maximum Gasteiger partial charge on any atom is 0.311 e. The number of allylic oxidation sites excluding steroid dienone is 2. The first-order chi connectivity index (χ1) is 16.2. The van der Waals surface area contributed by atoms with Crippen molar-refractivity contribution in [3.63, 3.8) is 0 Å². The molecular formula is C31H44O4. The monoisotopic (exact) mass is 480 g/mol. The summed E-state index contributed by atoms with van der Waals surface area (Å²) >= 11 is 0. The number of fused-ring (bicyclic) bond motifs is 7. The van der Waals surface area contributed by atoms with Crippen molar-refractivity contribution in [2.45, 2.75) is 105 Å². The smallest absolute Gasteiger partial charge is 0.311 e. The molecule has 3 saturated carbocycles. The van der Waals surface area contributed by atoms with Crippen LogP contribution in [0.15, 0.2) is 23.8 Å². The molecule has 1 aromatic carbocycles. The summed E-state index contributed by atoms with van der Waals surface area (Å²) in [4.78, 5) is 13.1. The molecule has 2 N–H and O–H groups in total. The first-order valence-corrected chi connectivity index (χ1v) is 13.7. The van der Waals surface area contributed by atoms with E-state index in [0.717, 1.165) is 44.1 Å². The van der Waals surface area contributed by atoms with Crippen LogP contribution in [0.3, 0.4) is 0 Å². The molecule has 0 bridgehead atoms. The van der Waals surface area contributed by atoms with E-state index < -0.39 is 5.41 Å². The van der Waals surface area contributed by atoms with Gasteiger partial charge < -0.3 is 14.9 Å². The van der Waals surface area contributed by atoms with Crippen molar-refractivity contribution in [3.05, 3.63) is 34.9 Å². The molecule has 1 unspecified atom stereocenters. The van der Waals surface area contributed by atoms with Gasteiger partial charge in [-0.15, -0.1) is 0 Å². The highest BCUT2D eigenvalue weighted by Crippen LogP contribution is 2.75. The number of phenolic OH excluding ortho intramolecular Hbond substituents is 2. The minimum atomic E-state index is -0.410. The summed E-state index contributed by atoms with van der Waals surface area (Å²) < 4.78 is 5.57. The molecule has 4 aliphatic rings. The normalized spacial score (nSPS) is 44.3. The van der Waals surface area contributed by atoms with Crippen LogP contribution in [-0.4, -0.2) is 22.8 Å². The molecule has 0 amide bonds. The van der Waals surface area contributed by atoms with E-state index in [0.29, 0.717) is 12.5 Å². The van der Waals surface area contributed by atoms with Crippen LogP contribution in [0.2, 0.25) is 0 Å². The molecule has 0 aliphatic heterocycles. The van der Waals surface area contributed by atoms with Crippen LogP contribution >= 0.6 is 0 Å². The first kappa shape index (κ1) is 24.7. The summed E-state index contributed by atoms with van der Waals surface area (Å²) in [6, 6.07) is 3.60. The van der Waals surface area contributed by atoms with Gasteiger partial charge in [0, 0.05) is 5.41 Å². The van der Waals surface area contributed by atoms with E-state index in [2.05, 4.69) is 47.6 Å². The Balaban J connectivity index is 1.61. The average Bonchev–Trinajstić information content (AvgIpc) is 2.80. The van der Waals surface area contributed by atoms with Gasteiger partial charge in [0.2, 0.25) is 0 Å². The standard InChI is InChI=1S/C31H44O4/c1-8-35-26(34)28(4)10-9-27(3)11-13-30(6)24-15-19(2)20-16-22(32)23(33)17-21(20)29(24,5)12-14-31(30,7)25(27)18-28/h15-17,19,25,32-33H,8-14,18H2,1-7H3/t19?,25-,27-,28-,29+,30-,31+/m1/s1. The third kappa shape index (κ3) is 3.13. The Morgan fingerprint density at radius 3 is 2.31 bits per heavy atom. The van der Waals surface area contributed by atoms with Crippen LogP contribution in [0.4, 0.5) is 0 Å². The third-order valence-corrected chi connectivity index (χ3v) is 11.7. The van der Waals surface area contributed by atoms with Gasteiger partial charge in [0.1, 0.15) is 0 Å². The Hall–Kier alpha value is -1.97. The minimum Gasteiger partial charge on any atom is -0.504 e. The van der Waals surface area contributed by atoms with E-state index in [4.69, 9.17) is 4.74 Å². The fourth-order valence-corrected chi connectivity index (χ4v) is 9.11. The maximum absolute atomic E-state index is 13.1. The van der Waals surface area contributed by atoms with E-state index >= 15 is 0 Å². The number of hydrogen-bond acceptors (Lipinski definition) is 4. The number of ether oxygens (including phenoxy) is 1. The minimum absolute atomic E-state index is 0.0105. The predicted octanol–water partition coefficient (Wildman–Crippen LogP) is 7.38. The lowest BCUT2D eigenvalue weighted by atomic mass is 9.34. The number of esters is 1. The van der Waals surface area contributed by atoms with Crippen LogP contribution in [0, 0.1) is 27.6 Å². The van der Waals surface area contributed by atoms with E-state index in [1.54, 1.807) is 6.07 Å². The number of benzene rings is 1. The fourth-order valence-electron chi connectivity index (χ4n) is 9.11. The zero-order valence-electron chi connectivity index (χ0n) is 22.8. The molecule has 5 rings (SSSR count). The Labute approximate surface area is 211 Å². The van der Waals surface area contributed by atoms with Crippen molar-refractivity contribution >= 4 is 5.97 Å². The van der Waals surface area contributed by atoms with Gasteiger partial charge in [0.25, 0.3) is 0 Å². The van der Waals surface area contributed by atoms with Gasteiger partial charge in [-0.3, -0.25) is 4.79 Å². The Kier molecular flexibility index (Phi) is 5.31. The van der Waals surface area contributed by atoms with E-state index in [1.807, 2.05) is 13.0 Å². The van der Waals surface area contributed by atoms with Crippen LogP contribution < -0.4 is 0 Å². The quantitative estimate of drug-likeness (QED) is 0.263. The molecule has 0 radical (unpaired) electrons. The summed E-state index contributed by atoms with van der Waals surface area (Å²) in [5.74, 6) is 0.561. The van der Waals surface area contributed by atoms with Gasteiger partial charge in [-0.25, -0.2) is 0 Å². The van der Waals surface area contributed by atoms with Crippen LogP contribution in [-0.2, 0) is 14.9 Å². The topological polar surface area (TPSA) is 66.8 Å². The van der Waals surface area contributed by atoms with Gasteiger partial charge in [0.15, 0.2) is 11.5 Å². The summed E-state index contributed by atoms with van der Waals surface area (Å²) in [6.07, 6.45) is 9.81. The number of carbonyl (C=O) groups excluding carboxylic acids is 1. The van der Waals surface area contributed by atoms with Crippen molar-refractivity contribution < 1.29 is 19.7 Å². The van der Waals surface area contributed by atoms with Crippen molar-refractivity contribution in [1.29, 1.82) is 0 Å². The Bertz CT molecular complexity index is 1110. The zero-order valence-corrected chi connectivity index (χ0v) is 22.8. The highest BCUT2D eigenvalue weighted by atomic mass is 16.5. The van der Waals surface area contributed by atoms with Gasteiger partial charge in [-0.05, 0) is 110 Å². The second kappa shape index (κ2) is 7.52. The SMILES string of the molecule is CCOC(=O)[C@]1(C)CC[C@]2(C)CC[C@]3(C)C4=CC(C)c5cc(O)c(O)cc5[C@]4(C)CC[C@@]3(C)[C@@H]2C1. The van der Waals surface area contributed by atoms with Gasteiger partial charge in [0.05, 0.1) is 12.0 Å². The predicted molar refractivity (Wildman–Crippen MR) is 138 cm³/mol. The Morgan fingerprint density at radius 2 is 1.63 bits per heavy atom. The lowest BCUT2D eigenvalue weighted by Gasteiger charge is -2.70. The molecule has 0 heterocycles. The second-order valence-electron chi connectivity index (χ2n) is 13.6. The van der Waals surface area contributed by atoms with Crippen molar-refractivity contribution in [2.75, 3.05) is 6.61 Å². The largest absolute Gasteiger partial charge is 0.504 e. The number of rotatable bonds is 2. The highest BCUT2D eigenvalue weighted by Gasteiger charge is 2.67. The van der Waals surface area contributed by atoms with Crippen LogP contribution in [0.25, 0.3) is 0 Å². The molecule has 7 atom stereocenters. The Morgan fingerprint density at radius 1 is 0.971 bits per heavy atom. The zero-order chi connectivity index (χ0) is 25.6. The van der Waals surface area contributed by atoms with Gasteiger partial charge in [-0.2, -0.15) is 0 Å². The number of carbonyl (C=O) groups is 1. The first-order valence-electron chi connectivity index (χ1n) is 13.7. The molecule has 192 valence electrons. The highest BCUT2D eigenvalue weighted by molar-refractivity contribution is 5.76. The molecule has 0 saturated heterocycles. The molecule has 4 heteroatoms. The number of phenols is 2. The molecule has 0 aromatic heterocycles. The molecule has 4 nitrogen and oxygen atoms in total. The van der Waals surface area contributed by atoms with Crippen molar-refractivity contribution in [3.8, 4) is 11.5 Å². The maximum atomic E-state index is 13.1. The van der Waals surface area contributed by atoms with Gasteiger partial charge >= 0.3 is 5.97 Å². The summed E-state index contributed by atoms with van der Waals surface area (Å²) in [5, 5.41) is 20.7. The van der Waals surface area contributed by atoms with E-state index in [-0.39, 0.29) is 45.0 Å². The molecule has 3 fully saturated rings. The molecular weight excluding hydrogens is 436 g/mol. The third-order valence-electron chi connectivity index (χ3n) is 11.7. The molecule has 35 heavy (non-hydrogen) atoms. The average molecular weight is 481 g/mol. The van der Waals surface area contributed by atoms with Crippen molar-refractivity contribution in [2.24, 2.45) is 27.6 Å². The summed E-state index contributed by atoms with van der Waals surface area (Å²) in [6.45, 7) is 16.5. The molecule has 1 aromatic rings. The van der Waals surface area contributed by atoms with Crippen LogP contribution in [0.5, 0.6) is 11.5 Å². The number of hydrogen-bond donors (Lipinski definition) is 2.